The summed E-state index contributed by atoms with van der Waals surface area (Å²) >= 11 is 0. The van der Waals surface area contributed by atoms with Crippen molar-refractivity contribution in [3.63, 3.8) is 0 Å². The Labute approximate surface area is 91.2 Å². The van der Waals surface area contributed by atoms with Crippen LogP contribution in [0.15, 0.2) is 31.2 Å². The van der Waals surface area contributed by atoms with Crippen molar-refractivity contribution < 1.29 is 9.63 Å². The van der Waals surface area contributed by atoms with Gasteiger partial charge in [-0.05, 0) is 0 Å². The van der Waals surface area contributed by atoms with Crippen molar-refractivity contribution in [2.75, 3.05) is 0 Å². The first kappa shape index (κ1) is 10.4. The van der Waals surface area contributed by atoms with E-state index in [9.17, 15) is 4.79 Å². The van der Waals surface area contributed by atoms with Crippen molar-refractivity contribution in [2.24, 2.45) is 5.73 Å². The van der Waals surface area contributed by atoms with E-state index >= 15 is 0 Å². The molecule has 0 aliphatic heterocycles. The molecule has 0 radical (unpaired) electrons. The Bertz CT molecular complexity index is 436. The van der Waals surface area contributed by atoms with Crippen LogP contribution in [0.1, 0.15) is 5.69 Å². The second-order valence-corrected chi connectivity index (χ2v) is 3.22. The number of hydrogen-bond acceptors (Lipinski definition) is 5. The van der Waals surface area contributed by atoms with Gasteiger partial charge in [-0.25, -0.2) is 14.8 Å². The lowest BCUT2D eigenvalue weighted by atomic mass is 10.2. The summed E-state index contributed by atoms with van der Waals surface area (Å²) in [7, 11) is 0. The van der Waals surface area contributed by atoms with Crippen LogP contribution < -0.4 is 10.6 Å². The topological polar surface area (TPSA) is 98.8 Å². The molecule has 2 rings (SSSR count). The lowest BCUT2D eigenvalue weighted by Gasteiger charge is -2.09. The SMILES string of the molecule is N[C@@H](Cc1cnc[nH]1)C(=O)On1ccnc1. The van der Waals surface area contributed by atoms with Crippen LogP contribution in [0.4, 0.5) is 0 Å². The zero-order valence-corrected chi connectivity index (χ0v) is 8.41. The molecule has 1 atom stereocenters. The van der Waals surface area contributed by atoms with Gasteiger partial charge in [-0.3, -0.25) is 0 Å². The number of H-pyrrole nitrogens is 1. The fourth-order valence-electron chi connectivity index (χ4n) is 1.19. The highest BCUT2D eigenvalue weighted by Gasteiger charge is 2.17. The van der Waals surface area contributed by atoms with Gasteiger partial charge in [0.2, 0.25) is 0 Å². The molecule has 16 heavy (non-hydrogen) atoms. The van der Waals surface area contributed by atoms with Crippen molar-refractivity contribution in [3.05, 3.63) is 36.9 Å². The van der Waals surface area contributed by atoms with E-state index in [0.717, 1.165) is 5.69 Å². The average Bonchev–Trinajstić information content (AvgIpc) is 2.90. The van der Waals surface area contributed by atoms with Gasteiger partial charge in [-0.1, -0.05) is 0 Å². The fourth-order valence-corrected chi connectivity index (χ4v) is 1.19. The highest BCUT2D eigenvalue weighted by Crippen LogP contribution is 1.97. The quantitative estimate of drug-likeness (QED) is 0.699. The van der Waals surface area contributed by atoms with Crippen LogP contribution in [0.25, 0.3) is 0 Å². The third-order valence-electron chi connectivity index (χ3n) is 1.97. The molecule has 2 aromatic rings. The molecule has 0 aliphatic rings. The van der Waals surface area contributed by atoms with E-state index in [1.165, 1.54) is 29.8 Å². The van der Waals surface area contributed by atoms with Crippen LogP contribution in [0, 0.1) is 0 Å². The highest BCUT2D eigenvalue weighted by atomic mass is 16.7. The van der Waals surface area contributed by atoms with Crippen LogP contribution in [0.3, 0.4) is 0 Å². The summed E-state index contributed by atoms with van der Waals surface area (Å²) in [4.78, 5) is 26.9. The minimum absolute atomic E-state index is 0.355. The second kappa shape index (κ2) is 4.58. The summed E-state index contributed by atoms with van der Waals surface area (Å²) in [6.45, 7) is 0. The molecule has 0 aromatic carbocycles. The molecule has 0 fully saturated rings. The van der Waals surface area contributed by atoms with Crippen LogP contribution in [-0.4, -0.2) is 31.7 Å². The van der Waals surface area contributed by atoms with Crippen molar-refractivity contribution in [1.29, 1.82) is 0 Å². The normalized spacial score (nSPS) is 12.3. The minimum Gasteiger partial charge on any atom is -0.348 e. The predicted octanol–water partition coefficient (Wildman–Crippen LogP) is -0.869. The van der Waals surface area contributed by atoms with Crippen LogP contribution >= 0.6 is 0 Å². The zero-order chi connectivity index (χ0) is 11.4. The van der Waals surface area contributed by atoms with E-state index in [1.807, 2.05) is 0 Å². The number of carbonyl (C=O) groups is 1. The summed E-state index contributed by atoms with van der Waals surface area (Å²) in [5.74, 6) is -0.521. The third-order valence-corrected chi connectivity index (χ3v) is 1.97. The van der Waals surface area contributed by atoms with E-state index in [-0.39, 0.29) is 0 Å². The van der Waals surface area contributed by atoms with Gasteiger partial charge in [-0.15, -0.1) is 0 Å². The molecule has 0 spiro atoms. The predicted molar refractivity (Wildman–Crippen MR) is 54.1 cm³/mol. The Balaban J connectivity index is 1.90. The third kappa shape index (κ3) is 2.45. The smallest absolute Gasteiger partial charge is 0.348 e. The maximum absolute atomic E-state index is 11.5. The molecule has 7 nitrogen and oxygen atoms in total. The number of imidazole rings is 2. The number of nitrogens with zero attached hydrogens (tertiary/aromatic N) is 3. The first-order valence-electron chi connectivity index (χ1n) is 4.68. The molecule has 0 bridgehead atoms. The summed E-state index contributed by atoms with van der Waals surface area (Å²) in [6, 6.07) is -0.733. The van der Waals surface area contributed by atoms with E-state index in [0.29, 0.717) is 6.42 Å². The van der Waals surface area contributed by atoms with E-state index in [4.69, 9.17) is 10.6 Å². The largest absolute Gasteiger partial charge is 0.349 e. The maximum Gasteiger partial charge on any atom is 0.349 e. The number of nitrogens with two attached hydrogens (primary N) is 1. The maximum atomic E-state index is 11.5. The van der Waals surface area contributed by atoms with Gasteiger partial charge in [0, 0.05) is 24.5 Å². The lowest BCUT2D eigenvalue weighted by molar-refractivity contribution is -0.145. The van der Waals surface area contributed by atoms with Gasteiger partial charge < -0.3 is 15.6 Å². The zero-order valence-electron chi connectivity index (χ0n) is 8.41. The molecular weight excluding hydrogens is 210 g/mol. The number of carbonyl (C=O) groups excluding carboxylic acids is 1. The van der Waals surface area contributed by atoms with E-state index in [2.05, 4.69) is 15.0 Å². The van der Waals surface area contributed by atoms with Crippen LogP contribution in [0.2, 0.25) is 0 Å². The molecule has 0 aliphatic carbocycles. The van der Waals surface area contributed by atoms with Gasteiger partial charge in [0.25, 0.3) is 0 Å². The lowest BCUT2D eigenvalue weighted by Crippen LogP contribution is -2.39. The first-order chi connectivity index (χ1) is 7.75. The molecule has 7 heteroatoms. The monoisotopic (exact) mass is 221 g/mol. The summed E-state index contributed by atoms with van der Waals surface area (Å²) in [5, 5.41) is 0. The molecule has 0 amide bonds. The van der Waals surface area contributed by atoms with E-state index < -0.39 is 12.0 Å². The second-order valence-electron chi connectivity index (χ2n) is 3.22. The first-order valence-corrected chi connectivity index (χ1v) is 4.68. The van der Waals surface area contributed by atoms with Gasteiger partial charge in [0.15, 0.2) is 0 Å². The Morgan fingerprint density at radius 1 is 1.62 bits per heavy atom. The number of aromatic nitrogens is 4. The van der Waals surface area contributed by atoms with Crippen molar-refractivity contribution >= 4 is 5.97 Å². The average molecular weight is 221 g/mol. The Morgan fingerprint density at radius 3 is 3.12 bits per heavy atom. The molecule has 84 valence electrons. The summed E-state index contributed by atoms with van der Waals surface area (Å²) in [5.41, 5.74) is 6.46. The molecule has 2 heterocycles. The highest BCUT2D eigenvalue weighted by molar-refractivity contribution is 5.76. The van der Waals surface area contributed by atoms with E-state index in [1.54, 1.807) is 6.20 Å². The molecule has 0 saturated carbocycles. The van der Waals surface area contributed by atoms with Crippen molar-refractivity contribution in [1.82, 2.24) is 19.7 Å². The van der Waals surface area contributed by atoms with Gasteiger partial charge in [0.05, 0.1) is 12.5 Å². The Hall–Kier alpha value is -2.15. The Morgan fingerprint density at radius 2 is 2.50 bits per heavy atom. The van der Waals surface area contributed by atoms with Crippen molar-refractivity contribution in [3.8, 4) is 0 Å². The number of rotatable bonds is 4. The summed E-state index contributed by atoms with van der Waals surface area (Å²) < 4.78 is 1.20. The number of nitrogens with one attached hydrogen (secondary N) is 1. The van der Waals surface area contributed by atoms with Gasteiger partial charge >= 0.3 is 5.97 Å². The molecule has 3 N–H and O–H groups in total. The summed E-state index contributed by atoms with van der Waals surface area (Å²) in [6.07, 6.45) is 7.90. The molecule has 0 saturated heterocycles. The van der Waals surface area contributed by atoms with Crippen LogP contribution in [0.5, 0.6) is 0 Å². The van der Waals surface area contributed by atoms with Crippen LogP contribution in [-0.2, 0) is 11.2 Å². The number of aromatic amines is 1. The standard InChI is InChI=1S/C9H11N5O2/c10-8(3-7-4-12-5-13-7)9(15)16-14-2-1-11-6-14/h1-2,4-6,8H,3,10H2,(H,12,13)/t8-/m0/s1. The molecule has 2 aromatic heterocycles. The Kier molecular flexibility index (Phi) is 2.97. The van der Waals surface area contributed by atoms with Crippen molar-refractivity contribution in [2.45, 2.75) is 12.5 Å². The molecular formula is C9H11N5O2. The number of hydrogen-bond donors (Lipinski definition) is 2. The van der Waals surface area contributed by atoms with Gasteiger partial charge in [0.1, 0.15) is 12.4 Å². The molecule has 0 unspecified atom stereocenters. The van der Waals surface area contributed by atoms with Gasteiger partial charge in [-0.2, -0.15) is 4.73 Å². The minimum atomic E-state index is -0.733. The fraction of sp³-hybridized carbons (Fsp3) is 0.222.